The van der Waals surface area contributed by atoms with E-state index in [4.69, 9.17) is 25.8 Å². The van der Waals surface area contributed by atoms with E-state index >= 15 is 0 Å². The molecule has 0 atom stereocenters. The van der Waals surface area contributed by atoms with Gasteiger partial charge in [0, 0.05) is 17.7 Å². The van der Waals surface area contributed by atoms with Crippen LogP contribution in [0.1, 0.15) is 5.56 Å². The van der Waals surface area contributed by atoms with Gasteiger partial charge in [-0.3, -0.25) is 4.79 Å². The molecular weight excluding hydrogens is 380 g/mol. The van der Waals surface area contributed by atoms with Gasteiger partial charge in [0.05, 0.1) is 24.9 Å². The first-order valence-corrected chi connectivity index (χ1v) is 8.59. The van der Waals surface area contributed by atoms with Gasteiger partial charge in [-0.15, -0.1) is 0 Å². The Morgan fingerprint density at radius 1 is 1.21 bits per heavy atom. The molecule has 1 N–H and O–H groups in total. The number of halogens is 1. The van der Waals surface area contributed by atoms with Crippen LogP contribution in [-0.4, -0.2) is 26.7 Å². The standard InChI is InChI=1S/C21H19ClN2O4/c1-4-9-28-18-8-6-5-7-14(18)10-15(13-23)21(25)24-17-12-19(26-2)16(22)11-20(17)27-3/h4-8,10-12H,1,9H2,2-3H3,(H,24,25)/b15-10+. The smallest absolute Gasteiger partial charge is 0.266 e. The number of hydrogen-bond donors (Lipinski definition) is 1. The van der Waals surface area contributed by atoms with Gasteiger partial charge in [0.25, 0.3) is 5.91 Å². The van der Waals surface area contributed by atoms with Gasteiger partial charge in [0.15, 0.2) is 0 Å². The Labute approximate surface area is 168 Å². The molecule has 0 saturated heterocycles. The van der Waals surface area contributed by atoms with E-state index in [0.717, 1.165) is 0 Å². The summed E-state index contributed by atoms with van der Waals surface area (Å²) in [5.74, 6) is 0.631. The zero-order chi connectivity index (χ0) is 20.5. The molecule has 1 amide bonds. The van der Waals surface area contributed by atoms with E-state index in [0.29, 0.717) is 40.1 Å². The third kappa shape index (κ3) is 5.06. The van der Waals surface area contributed by atoms with Crippen LogP contribution in [0.2, 0.25) is 5.02 Å². The van der Waals surface area contributed by atoms with Crippen LogP contribution in [0.25, 0.3) is 6.08 Å². The lowest BCUT2D eigenvalue weighted by Crippen LogP contribution is -2.14. The van der Waals surface area contributed by atoms with Crippen molar-refractivity contribution in [3.63, 3.8) is 0 Å². The molecule has 144 valence electrons. The van der Waals surface area contributed by atoms with Gasteiger partial charge in [-0.2, -0.15) is 5.26 Å². The monoisotopic (exact) mass is 398 g/mol. The fourth-order valence-electron chi connectivity index (χ4n) is 2.33. The van der Waals surface area contributed by atoms with Crippen LogP contribution >= 0.6 is 11.6 Å². The molecule has 0 saturated carbocycles. The fraction of sp³-hybridized carbons (Fsp3) is 0.143. The highest BCUT2D eigenvalue weighted by atomic mass is 35.5. The summed E-state index contributed by atoms with van der Waals surface area (Å²) in [5, 5.41) is 12.4. The molecule has 7 heteroatoms. The highest BCUT2D eigenvalue weighted by molar-refractivity contribution is 6.32. The average molecular weight is 399 g/mol. The van der Waals surface area contributed by atoms with Gasteiger partial charge < -0.3 is 19.5 Å². The number of rotatable bonds is 8. The first-order chi connectivity index (χ1) is 13.5. The normalized spacial score (nSPS) is 10.6. The van der Waals surface area contributed by atoms with Gasteiger partial charge in [-0.05, 0) is 12.1 Å². The van der Waals surface area contributed by atoms with Crippen LogP contribution in [-0.2, 0) is 4.79 Å². The fourth-order valence-corrected chi connectivity index (χ4v) is 2.56. The summed E-state index contributed by atoms with van der Waals surface area (Å²) in [6.07, 6.45) is 3.06. The topological polar surface area (TPSA) is 80.6 Å². The third-order valence-corrected chi connectivity index (χ3v) is 3.96. The number of methoxy groups -OCH3 is 2. The minimum Gasteiger partial charge on any atom is -0.495 e. The third-order valence-electron chi connectivity index (χ3n) is 3.66. The lowest BCUT2D eigenvalue weighted by atomic mass is 10.1. The largest absolute Gasteiger partial charge is 0.495 e. The van der Waals surface area contributed by atoms with E-state index in [1.54, 1.807) is 30.3 Å². The van der Waals surface area contributed by atoms with Gasteiger partial charge >= 0.3 is 0 Å². The van der Waals surface area contributed by atoms with E-state index < -0.39 is 5.91 Å². The van der Waals surface area contributed by atoms with Crippen LogP contribution in [0.15, 0.2) is 54.6 Å². The summed E-state index contributed by atoms with van der Waals surface area (Å²) in [7, 11) is 2.90. The first kappa shape index (κ1) is 20.9. The maximum atomic E-state index is 12.6. The number of para-hydroxylation sites is 1. The minimum absolute atomic E-state index is 0.106. The molecule has 0 aromatic heterocycles. The number of carbonyl (C=O) groups is 1. The molecule has 0 heterocycles. The van der Waals surface area contributed by atoms with Crippen molar-refractivity contribution in [2.75, 3.05) is 26.1 Å². The second-order valence-corrected chi connectivity index (χ2v) is 5.86. The van der Waals surface area contributed by atoms with Crippen LogP contribution in [0, 0.1) is 11.3 Å². The van der Waals surface area contributed by atoms with Crippen LogP contribution in [0.4, 0.5) is 5.69 Å². The number of carbonyl (C=O) groups excluding carboxylic acids is 1. The molecule has 0 spiro atoms. The number of benzene rings is 2. The number of nitrogens with zero attached hydrogens (tertiary/aromatic N) is 1. The summed E-state index contributed by atoms with van der Waals surface area (Å²) in [5.41, 5.74) is 0.813. The van der Waals surface area contributed by atoms with E-state index in [2.05, 4.69) is 11.9 Å². The molecule has 0 unspecified atom stereocenters. The van der Waals surface area contributed by atoms with Crippen LogP contribution in [0.5, 0.6) is 17.2 Å². The molecule has 2 aromatic carbocycles. The molecule has 0 aliphatic heterocycles. The van der Waals surface area contributed by atoms with Crippen LogP contribution in [0.3, 0.4) is 0 Å². The van der Waals surface area contributed by atoms with E-state index in [1.807, 2.05) is 6.07 Å². The molecule has 2 rings (SSSR count). The predicted octanol–water partition coefficient (Wildman–Crippen LogP) is 4.47. The highest BCUT2D eigenvalue weighted by Crippen LogP contribution is 2.36. The number of hydrogen-bond acceptors (Lipinski definition) is 5. The summed E-state index contributed by atoms with van der Waals surface area (Å²) >= 11 is 6.07. The summed E-state index contributed by atoms with van der Waals surface area (Å²) in [6.45, 7) is 3.91. The predicted molar refractivity (Wildman–Crippen MR) is 109 cm³/mol. The van der Waals surface area contributed by atoms with E-state index in [-0.39, 0.29) is 5.57 Å². The zero-order valence-electron chi connectivity index (χ0n) is 15.5. The number of nitrogens with one attached hydrogen (secondary N) is 1. The molecule has 6 nitrogen and oxygen atoms in total. The molecule has 28 heavy (non-hydrogen) atoms. The second kappa shape index (κ2) is 10.0. The first-order valence-electron chi connectivity index (χ1n) is 8.21. The van der Waals surface area contributed by atoms with Crippen molar-refractivity contribution in [1.82, 2.24) is 0 Å². The van der Waals surface area contributed by atoms with Crippen molar-refractivity contribution < 1.29 is 19.0 Å². The Balaban J connectivity index is 2.34. The number of amides is 1. The van der Waals surface area contributed by atoms with E-state index in [1.165, 1.54) is 32.4 Å². The van der Waals surface area contributed by atoms with E-state index in [9.17, 15) is 10.1 Å². The second-order valence-electron chi connectivity index (χ2n) is 5.45. The molecule has 0 aliphatic rings. The summed E-state index contributed by atoms with van der Waals surface area (Å²) in [4.78, 5) is 12.6. The summed E-state index contributed by atoms with van der Waals surface area (Å²) < 4.78 is 15.9. The van der Waals surface area contributed by atoms with Crippen molar-refractivity contribution in [3.05, 3.63) is 65.2 Å². The zero-order valence-corrected chi connectivity index (χ0v) is 16.2. The lowest BCUT2D eigenvalue weighted by Gasteiger charge is -2.13. The van der Waals surface area contributed by atoms with Gasteiger partial charge in [0.1, 0.15) is 35.5 Å². The Morgan fingerprint density at radius 2 is 1.93 bits per heavy atom. The number of anilines is 1. The number of ether oxygens (including phenoxy) is 3. The van der Waals surface area contributed by atoms with Gasteiger partial charge in [-0.1, -0.05) is 42.5 Å². The van der Waals surface area contributed by atoms with Crippen molar-refractivity contribution in [1.29, 1.82) is 5.26 Å². The molecule has 0 fully saturated rings. The van der Waals surface area contributed by atoms with Crippen molar-refractivity contribution >= 4 is 29.3 Å². The Morgan fingerprint density at radius 3 is 2.57 bits per heavy atom. The highest BCUT2D eigenvalue weighted by Gasteiger charge is 2.16. The molecule has 0 aliphatic carbocycles. The average Bonchev–Trinajstić information content (AvgIpc) is 2.71. The Hall–Kier alpha value is -3.43. The molecule has 0 bridgehead atoms. The minimum atomic E-state index is -0.608. The van der Waals surface area contributed by atoms with Crippen molar-refractivity contribution in [2.45, 2.75) is 0 Å². The van der Waals surface area contributed by atoms with Gasteiger partial charge in [0.2, 0.25) is 0 Å². The SMILES string of the molecule is C=CCOc1ccccc1/C=C(\C#N)C(=O)Nc1cc(OC)c(Cl)cc1OC. The molecule has 0 radical (unpaired) electrons. The molecule has 2 aromatic rings. The lowest BCUT2D eigenvalue weighted by molar-refractivity contribution is -0.112. The van der Waals surface area contributed by atoms with Gasteiger partial charge in [-0.25, -0.2) is 0 Å². The van der Waals surface area contributed by atoms with Crippen molar-refractivity contribution in [3.8, 4) is 23.3 Å². The van der Waals surface area contributed by atoms with Crippen LogP contribution < -0.4 is 19.5 Å². The summed E-state index contributed by atoms with van der Waals surface area (Å²) in [6, 6.07) is 12.0. The maximum Gasteiger partial charge on any atom is 0.266 e. The quantitative estimate of drug-likeness (QED) is 0.403. The number of nitriles is 1. The molecular formula is C21H19ClN2O4. The van der Waals surface area contributed by atoms with Crippen molar-refractivity contribution in [2.24, 2.45) is 0 Å². The Kier molecular flexibility index (Phi) is 7.49. The Bertz CT molecular complexity index is 948. The maximum absolute atomic E-state index is 12.6.